The number of hydrazine groups is 1. The van der Waals surface area contributed by atoms with Crippen LogP contribution in [0.4, 0.5) is 0 Å². The summed E-state index contributed by atoms with van der Waals surface area (Å²) in [5.74, 6) is 0.360. The highest BCUT2D eigenvalue weighted by molar-refractivity contribution is 7.92. The molecule has 0 spiro atoms. The summed E-state index contributed by atoms with van der Waals surface area (Å²) in [5.41, 5.74) is 3.03. The molecule has 0 unspecified atom stereocenters. The van der Waals surface area contributed by atoms with E-state index in [1.54, 1.807) is 30.3 Å². The fourth-order valence-electron chi connectivity index (χ4n) is 2.15. The second-order valence-corrected chi connectivity index (χ2v) is 7.32. The molecule has 0 atom stereocenters. The highest BCUT2D eigenvalue weighted by Gasteiger charge is 2.16. The zero-order valence-electron chi connectivity index (χ0n) is 13.4. The van der Waals surface area contributed by atoms with Gasteiger partial charge >= 0.3 is 0 Å². The minimum Gasteiger partial charge on any atom is -0.486 e. The van der Waals surface area contributed by atoms with Crippen LogP contribution in [-0.4, -0.2) is 27.5 Å². The fourth-order valence-corrected chi connectivity index (χ4v) is 2.92. The van der Waals surface area contributed by atoms with E-state index in [1.807, 2.05) is 4.83 Å². The smallest absolute Gasteiger partial charge is 0.266 e. The Morgan fingerprint density at radius 2 is 1.73 bits per heavy atom. The van der Waals surface area contributed by atoms with Gasteiger partial charge in [-0.15, -0.1) is 4.83 Å². The topological polar surface area (TPSA) is 93.7 Å². The second-order valence-electron chi connectivity index (χ2n) is 5.31. The molecule has 26 heavy (non-hydrogen) atoms. The molecule has 1 aliphatic rings. The van der Waals surface area contributed by atoms with E-state index in [9.17, 15) is 13.2 Å². The van der Waals surface area contributed by atoms with Gasteiger partial charge in [0.25, 0.3) is 15.9 Å². The molecule has 7 nitrogen and oxygen atoms in total. The third-order valence-electron chi connectivity index (χ3n) is 3.42. The Hall–Kier alpha value is -2.55. The van der Waals surface area contributed by atoms with Crippen molar-refractivity contribution in [1.82, 2.24) is 10.3 Å². The monoisotopic (exact) mass is 394 g/mol. The van der Waals surface area contributed by atoms with Gasteiger partial charge < -0.3 is 9.47 Å². The predicted molar refractivity (Wildman–Crippen MR) is 97.4 cm³/mol. The molecule has 1 amide bonds. The first-order valence-corrected chi connectivity index (χ1v) is 9.51. The van der Waals surface area contributed by atoms with E-state index in [-0.39, 0.29) is 5.56 Å². The summed E-state index contributed by atoms with van der Waals surface area (Å²) >= 11 is 5.77. The fraction of sp³-hybridized carbons (Fsp3) is 0.118. The third-order valence-corrected chi connectivity index (χ3v) is 4.55. The van der Waals surface area contributed by atoms with E-state index in [0.29, 0.717) is 35.3 Å². The zero-order chi connectivity index (χ0) is 18.6. The van der Waals surface area contributed by atoms with Crippen LogP contribution in [0.2, 0.25) is 5.02 Å². The molecule has 0 radical (unpaired) electrons. The summed E-state index contributed by atoms with van der Waals surface area (Å²) < 4.78 is 34.7. The van der Waals surface area contributed by atoms with Crippen LogP contribution in [0.5, 0.6) is 11.5 Å². The van der Waals surface area contributed by atoms with Gasteiger partial charge in [0, 0.05) is 16.0 Å². The van der Waals surface area contributed by atoms with E-state index in [4.69, 9.17) is 21.1 Å². The van der Waals surface area contributed by atoms with Gasteiger partial charge in [-0.2, -0.15) is 0 Å². The lowest BCUT2D eigenvalue weighted by Gasteiger charge is -2.18. The number of sulfonamides is 1. The first kappa shape index (κ1) is 18.2. The van der Waals surface area contributed by atoms with Crippen molar-refractivity contribution in [2.45, 2.75) is 0 Å². The number of carbonyl (C=O) groups excluding carboxylic acids is 1. The van der Waals surface area contributed by atoms with Gasteiger partial charge in [-0.3, -0.25) is 10.2 Å². The van der Waals surface area contributed by atoms with Gasteiger partial charge in [0.2, 0.25) is 0 Å². The molecule has 0 aromatic heterocycles. The van der Waals surface area contributed by atoms with Gasteiger partial charge in [0.1, 0.15) is 13.2 Å². The quantitative estimate of drug-likeness (QED) is 0.759. The number of hydrogen-bond acceptors (Lipinski definition) is 5. The summed E-state index contributed by atoms with van der Waals surface area (Å²) in [4.78, 5) is 14.1. The lowest BCUT2D eigenvalue weighted by Crippen LogP contribution is -2.40. The average Bonchev–Trinajstić information content (AvgIpc) is 2.65. The second kappa shape index (κ2) is 7.77. The van der Waals surface area contributed by atoms with Crippen LogP contribution in [0, 0.1) is 0 Å². The van der Waals surface area contributed by atoms with Crippen LogP contribution in [0.15, 0.2) is 47.9 Å². The summed E-state index contributed by atoms with van der Waals surface area (Å²) in [6.07, 6.45) is 1.38. The van der Waals surface area contributed by atoms with E-state index < -0.39 is 15.9 Å². The van der Waals surface area contributed by atoms with Crippen LogP contribution in [0.1, 0.15) is 15.9 Å². The Labute approximate surface area is 155 Å². The van der Waals surface area contributed by atoms with Crippen molar-refractivity contribution in [1.29, 1.82) is 0 Å². The van der Waals surface area contributed by atoms with Crippen LogP contribution >= 0.6 is 11.6 Å². The molecule has 0 saturated heterocycles. The lowest BCUT2D eigenvalue weighted by atomic mass is 10.2. The number of halogens is 1. The SMILES string of the molecule is O=C(NNS(=O)(=O)C=Cc1ccc(Cl)cc1)c1ccc2c(c1)OCCO2. The Morgan fingerprint density at radius 3 is 2.46 bits per heavy atom. The van der Waals surface area contributed by atoms with Crippen molar-refractivity contribution in [2.24, 2.45) is 0 Å². The van der Waals surface area contributed by atoms with Crippen molar-refractivity contribution < 1.29 is 22.7 Å². The van der Waals surface area contributed by atoms with E-state index >= 15 is 0 Å². The normalized spacial score (nSPS) is 13.6. The maximum atomic E-state index is 12.1. The number of fused-ring (bicyclic) bond motifs is 1. The minimum atomic E-state index is -3.86. The van der Waals surface area contributed by atoms with Crippen LogP contribution < -0.4 is 19.7 Å². The summed E-state index contributed by atoms with van der Waals surface area (Å²) in [7, 11) is -3.86. The average molecular weight is 395 g/mol. The Balaban J connectivity index is 1.62. The number of benzene rings is 2. The highest BCUT2D eigenvalue weighted by atomic mass is 35.5. The first-order chi connectivity index (χ1) is 12.4. The van der Waals surface area contributed by atoms with Crippen molar-refractivity contribution in [3.05, 3.63) is 64.0 Å². The molecule has 0 saturated carbocycles. The van der Waals surface area contributed by atoms with Crippen LogP contribution in [0.25, 0.3) is 6.08 Å². The van der Waals surface area contributed by atoms with E-state index in [2.05, 4.69) is 5.43 Å². The van der Waals surface area contributed by atoms with Gasteiger partial charge in [0.05, 0.1) is 0 Å². The zero-order valence-corrected chi connectivity index (χ0v) is 15.0. The molecule has 1 aliphatic heterocycles. The standard InChI is InChI=1S/C17H15ClN2O5S/c18-14-4-1-12(2-5-14)7-10-26(22,23)20-19-17(21)13-3-6-15-16(11-13)25-9-8-24-15/h1-7,10-11,20H,8-9H2,(H,19,21). The number of hydrogen-bond donors (Lipinski definition) is 2. The number of rotatable bonds is 5. The summed E-state index contributed by atoms with van der Waals surface area (Å²) in [6, 6.07) is 11.2. The molecular formula is C17H15ClN2O5S. The number of ether oxygens (including phenoxy) is 2. The van der Waals surface area contributed by atoms with Crippen LogP contribution in [-0.2, 0) is 10.0 Å². The highest BCUT2D eigenvalue weighted by Crippen LogP contribution is 2.30. The predicted octanol–water partition coefficient (Wildman–Crippen LogP) is 2.35. The van der Waals surface area contributed by atoms with Crippen molar-refractivity contribution in [3.8, 4) is 11.5 Å². The molecular weight excluding hydrogens is 380 g/mol. The molecule has 2 aromatic rings. The minimum absolute atomic E-state index is 0.235. The molecule has 136 valence electrons. The Morgan fingerprint density at radius 1 is 1.04 bits per heavy atom. The molecule has 9 heteroatoms. The van der Waals surface area contributed by atoms with Gasteiger partial charge in [-0.1, -0.05) is 23.7 Å². The molecule has 0 aliphatic carbocycles. The maximum Gasteiger partial charge on any atom is 0.266 e. The molecule has 1 heterocycles. The molecule has 0 fully saturated rings. The van der Waals surface area contributed by atoms with Crippen molar-refractivity contribution >= 4 is 33.6 Å². The van der Waals surface area contributed by atoms with Gasteiger partial charge in [-0.05, 0) is 42.0 Å². The third kappa shape index (κ3) is 4.75. The number of nitrogens with one attached hydrogen (secondary N) is 2. The van der Waals surface area contributed by atoms with E-state index in [1.165, 1.54) is 18.2 Å². The number of amides is 1. The molecule has 3 rings (SSSR count). The Bertz CT molecular complexity index is 942. The summed E-state index contributed by atoms with van der Waals surface area (Å²) in [5, 5.41) is 1.50. The summed E-state index contributed by atoms with van der Waals surface area (Å²) in [6.45, 7) is 0.832. The van der Waals surface area contributed by atoms with Crippen molar-refractivity contribution in [2.75, 3.05) is 13.2 Å². The number of carbonyl (C=O) groups is 1. The largest absolute Gasteiger partial charge is 0.486 e. The molecule has 0 bridgehead atoms. The lowest BCUT2D eigenvalue weighted by molar-refractivity contribution is 0.0944. The van der Waals surface area contributed by atoms with Gasteiger partial charge in [-0.25, -0.2) is 8.42 Å². The van der Waals surface area contributed by atoms with Gasteiger partial charge in [0.15, 0.2) is 11.5 Å². The first-order valence-electron chi connectivity index (χ1n) is 7.58. The van der Waals surface area contributed by atoms with Crippen LogP contribution in [0.3, 0.4) is 0 Å². The Kier molecular flexibility index (Phi) is 5.46. The molecule has 2 N–H and O–H groups in total. The maximum absolute atomic E-state index is 12.1. The van der Waals surface area contributed by atoms with Crippen molar-refractivity contribution in [3.63, 3.8) is 0 Å². The van der Waals surface area contributed by atoms with E-state index in [0.717, 1.165) is 5.41 Å². The molecule has 2 aromatic carbocycles.